The number of rotatable bonds is 12. The van der Waals surface area contributed by atoms with Gasteiger partial charge in [-0.15, -0.1) is 0 Å². The molecule has 2 aromatic rings. The fourth-order valence-corrected chi connectivity index (χ4v) is 3.43. The molecule has 0 bridgehead atoms. The number of carboxylic acids is 1. The van der Waals surface area contributed by atoms with Gasteiger partial charge in [-0.3, -0.25) is 0 Å². The molecule has 0 aliphatic rings. The zero-order valence-corrected chi connectivity index (χ0v) is 21.2. The van der Waals surface area contributed by atoms with Gasteiger partial charge < -0.3 is 29.6 Å². The second kappa shape index (κ2) is 14.2. The van der Waals surface area contributed by atoms with Crippen molar-refractivity contribution in [3.8, 4) is 11.5 Å². The molecule has 2 rings (SSSR count). The molecule has 2 atom stereocenters. The van der Waals surface area contributed by atoms with Crippen LogP contribution < -0.4 is 44.1 Å². The number of aryl methyl sites for hydroxylation is 2. The zero-order valence-electron chi connectivity index (χ0n) is 17.6. The summed E-state index contributed by atoms with van der Waals surface area (Å²) in [4.78, 5) is 10.5. The fourth-order valence-electron chi connectivity index (χ4n) is 3.01. The van der Waals surface area contributed by atoms with Crippen LogP contribution in [0.25, 0.3) is 0 Å². The largest absolute Gasteiger partial charge is 1.00 e. The van der Waals surface area contributed by atoms with Gasteiger partial charge in [0.05, 0.1) is 18.8 Å². The van der Waals surface area contributed by atoms with Crippen molar-refractivity contribution in [2.75, 3.05) is 13.2 Å². The molecule has 0 fully saturated rings. The molecule has 0 heterocycles. The van der Waals surface area contributed by atoms with Crippen molar-refractivity contribution in [3.63, 3.8) is 0 Å². The molecule has 0 saturated heterocycles. The van der Waals surface area contributed by atoms with Gasteiger partial charge in [0, 0.05) is 28.9 Å². The van der Waals surface area contributed by atoms with E-state index in [9.17, 15) is 20.1 Å². The average molecular weight is 479 g/mol. The molecule has 0 amide bonds. The normalized spacial score (nSPS) is 12.5. The molecule has 2 aromatic carbocycles. The van der Waals surface area contributed by atoms with E-state index in [1.807, 2.05) is 13.0 Å². The monoisotopic (exact) mass is 478 g/mol. The van der Waals surface area contributed by atoms with Gasteiger partial charge in [0.1, 0.15) is 18.1 Å². The van der Waals surface area contributed by atoms with Gasteiger partial charge in [-0.05, 0) is 67.3 Å². The van der Waals surface area contributed by atoms with Crippen molar-refractivity contribution in [2.24, 2.45) is 0 Å². The van der Waals surface area contributed by atoms with E-state index < -0.39 is 24.6 Å². The molecule has 0 saturated carbocycles. The van der Waals surface area contributed by atoms with Crippen LogP contribution in [0.15, 0.2) is 36.4 Å². The predicted molar refractivity (Wildman–Crippen MR) is 113 cm³/mol. The average Bonchev–Trinajstić information content (AvgIpc) is 2.65. The van der Waals surface area contributed by atoms with E-state index in [-0.39, 0.29) is 42.6 Å². The van der Waals surface area contributed by atoms with Gasteiger partial charge in [0.15, 0.2) is 0 Å². The second-order valence-corrected chi connectivity index (χ2v) is 7.92. The number of hydrogen-bond acceptors (Lipinski definition) is 6. The Kier molecular flexibility index (Phi) is 12.9. The number of aliphatic hydroxyl groups excluding tert-OH is 2. The van der Waals surface area contributed by atoms with Gasteiger partial charge in [-0.1, -0.05) is 23.2 Å². The quantitative estimate of drug-likeness (QED) is 0.327. The smallest absolute Gasteiger partial charge is 0.550 e. The Hall–Kier alpha value is -0.990. The number of carboxylic acid groups (broad SMARTS) is 1. The number of halogens is 2. The molecule has 2 N–H and O–H groups in total. The maximum atomic E-state index is 10.5. The van der Waals surface area contributed by atoms with Crippen LogP contribution in [0.1, 0.15) is 30.4 Å². The third kappa shape index (κ3) is 10.4. The van der Waals surface area contributed by atoms with Gasteiger partial charge >= 0.3 is 29.6 Å². The molecular formula is C22H25Cl2NaO6. The number of carbonyl (C=O) groups excluding carboxylic acids is 1. The van der Waals surface area contributed by atoms with E-state index in [4.69, 9.17) is 32.7 Å². The molecule has 9 heteroatoms. The zero-order chi connectivity index (χ0) is 22.1. The van der Waals surface area contributed by atoms with Gasteiger partial charge in [0.25, 0.3) is 0 Å². The minimum absolute atomic E-state index is 0. The summed E-state index contributed by atoms with van der Waals surface area (Å²) in [6.45, 7) is 2.26. The molecule has 0 aliphatic carbocycles. The van der Waals surface area contributed by atoms with Crippen LogP contribution >= 0.6 is 23.2 Å². The molecule has 0 radical (unpaired) electrons. The molecule has 164 valence electrons. The standard InChI is InChI=1S/C22H26Cl2O6.Na/c1-14-9-17(24)10-15(3-2-8-29-20-6-4-16(23)5-7-20)22(14)30-13-19(26)11-18(25)12-21(27)28;/h4-7,9-10,18-19,25-26H,2-3,8,11-13H2,1H3,(H,27,28);/q;+1/p-1/t18-,19+;/m1./s1. The summed E-state index contributed by atoms with van der Waals surface area (Å²) in [6, 6.07) is 10.7. The van der Waals surface area contributed by atoms with Crippen molar-refractivity contribution < 1.29 is 59.1 Å². The first kappa shape index (κ1) is 28.0. The first-order chi connectivity index (χ1) is 14.2. The van der Waals surface area contributed by atoms with Crippen LogP contribution in [0.3, 0.4) is 0 Å². The molecular weight excluding hydrogens is 454 g/mol. The van der Waals surface area contributed by atoms with Crippen LogP contribution in [-0.4, -0.2) is 41.6 Å². The van der Waals surface area contributed by atoms with E-state index >= 15 is 0 Å². The van der Waals surface area contributed by atoms with E-state index in [1.54, 1.807) is 30.3 Å². The molecule has 0 aliphatic heterocycles. The number of benzene rings is 2. The van der Waals surface area contributed by atoms with E-state index in [1.165, 1.54) is 0 Å². The molecule has 6 nitrogen and oxygen atoms in total. The van der Waals surface area contributed by atoms with Crippen LogP contribution in [0.5, 0.6) is 11.5 Å². The maximum absolute atomic E-state index is 10.5. The van der Waals surface area contributed by atoms with Gasteiger partial charge in [-0.2, -0.15) is 0 Å². The summed E-state index contributed by atoms with van der Waals surface area (Å²) in [5, 5.41) is 31.4. The molecule has 0 spiro atoms. The van der Waals surface area contributed by atoms with Crippen LogP contribution in [0, 0.1) is 6.92 Å². The summed E-state index contributed by atoms with van der Waals surface area (Å²) in [5.74, 6) is -0.0250. The Morgan fingerprint density at radius 3 is 2.39 bits per heavy atom. The van der Waals surface area contributed by atoms with Crippen molar-refractivity contribution >= 4 is 29.2 Å². The Morgan fingerprint density at radius 1 is 1.06 bits per heavy atom. The Morgan fingerprint density at radius 2 is 1.74 bits per heavy atom. The first-order valence-corrected chi connectivity index (χ1v) is 10.4. The van der Waals surface area contributed by atoms with Gasteiger partial charge in [0.2, 0.25) is 0 Å². The van der Waals surface area contributed by atoms with Gasteiger partial charge in [-0.25, -0.2) is 0 Å². The minimum atomic E-state index is -1.37. The van der Waals surface area contributed by atoms with Crippen molar-refractivity contribution in [3.05, 3.63) is 57.6 Å². The number of hydrogen-bond donors (Lipinski definition) is 2. The van der Waals surface area contributed by atoms with E-state index in [0.29, 0.717) is 35.2 Å². The third-order valence-corrected chi connectivity index (χ3v) is 4.83. The van der Waals surface area contributed by atoms with Crippen molar-refractivity contribution in [1.29, 1.82) is 0 Å². The SMILES string of the molecule is Cc1cc(Cl)cc(CCCOc2ccc(Cl)cc2)c1OC[C@@H](O)C[C@@H](O)CC(=O)[O-].[Na+]. The number of aliphatic hydroxyl groups is 2. The summed E-state index contributed by atoms with van der Waals surface area (Å²) < 4.78 is 11.5. The van der Waals surface area contributed by atoms with Crippen molar-refractivity contribution in [1.82, 2.24) is 0 Å². The number of ether oxygens (including phenoxy) is 2. The molecule has 0 aromatic heterocycles. The Labute approximate surface area is 214 Å². The Balaban J connectivity index is 0.00000480. The van der Waals surface area contributed by atoms with Crippen LogP contribution in [-0.2, 0) is 11.2 Å². The minimum Gasteiger partial charge on any atom is -0.550 e. The molecule has 0 unspecified atom stereocenters. The van der Waals surface area contributed by atoms with E-state index in [2.05, 4.69) is 0 Å². The fraction of sp³-hybridized carbons (Fsp3) is 0.409. The predicted octanol–water partition coefficient (Wildman–Crippen LogP) is -0.0519. The third-order valence-electron chi connectivity index (χ3n) is 4.36. The topological polar surface area (TPSA) is 99.1 Å². The second-order valence-electron chi connectivity index (χ2n) is 7.05. The summed E-state index contributed by atoms with van der Waals surface area (Å²) in [7, 11) is 0. The first-order valence-electron chi connectivity index (χ1n) is 9.60. The van der Waals surface area contributed by atoms with E-state index in [0.717, 1.165) is 16.9 Å². The molecule has 31 heavy (non-hydrogen) atoms. The number of carbonyl (C=O) groups is 1. The summed E-state index contributed by atoms with van der Waals surface area (Å²) in [6.07, 6.45) is -1.50. The van der Waals surface area contributed by atoms with Crippen LogP contribution in [0.4, 0.5) is 0 Å². The number of aliphatic carboxylic acids is 1. The van der Waals surface area contributed by atoms with Crippen molar-refractivity contribution in [2.45, 2.75) is 44.8 Å². The maximum Gasteiger partial charge on any atom is 1.00 e. The summed E-state index contributed by atoms with van der Waals surface area (Å²) in [5.41, 5.74) is 1.70. The van der Waals surface area contributed by atoms with Crippen LogP contribution in [0.2, 0.25) is 10.0 Å². The summed E-state index contributed by atoms with van der Waals surface area (Å²) >= 11 is 12.0. The Bertz CT molecular complexity index is 831.